The molecule has 1 heterocycles. The number of nitrogens with one attached hydrogen (secondary N) is 2. The van der Waals surface area contributed by atoms with E-state index < -0.39 is 0 Å². The number of carbonyl (C=O) groups excluding carboxylic acids is 2. The highest BCUT2D eigenvalue weighted by Gasteiger charge is 2.33. The van der Waals surface area contributed by atoms with E-state index in [2.05, 4.69) is 15.7 Å². The summed E-state index contributed by atoms with van der Waals surface area (Å²) in [5.41, 5.74) is 1.56. The molecule has 1 aliphatic rings. The Bertz CT molecular complexity index is 852. The smallest absolute Gasteiger partial charge is 0.271 e. The van der Waals surface area contributed by atoms with E-state index in [1.54, 1.807) is 4.68 Å². The van der Waals surface area contributed by atoms with Gasteiger partial charge in [0, 0.05) is 19.2 Å². The number of carbonyl (C=O) groups is 2. The quantitative estimate of drug-likeness (QED) is 0.720. The largest absolute Gasteiger partial charge is 0.393 e. The van der Waals surface area contributed by atoms with E-state index in [9.17, 15) is 14.7 Å². The Kier molecular flexibility index (Phi) is 6.37. The van der Waals surface area contributed by atoms with Crippen molar-refractivity contribution in [3.8, 4) is 0 Å². The molecule has 156 valence electrons. The van der Waals surface area contributed by atoms with E-state index in [1.807, 2.05) is 51.1 Å². The molecule has 1 saturated carbocycles. The number of hydrogen-bond acceptors (Lipinski definition) is 4. The van der Waals surface area contributed by atoms with Gasteiger partial charge >= 0.3 is 0 Å². The molecule has 5 atom stereocenters. The summed E-state index contributed by atoms with van der Waals surface area (Å²) in [7, 11) is 1.54. The van der Waals surface area contributed by atoms with Crippen LogP contribution >= 0.6 is 0 Å². The predicted molar refractivity (Wildman–Crippen MR) is 111 cm³/mol. The first kappa shape index (κ1) is 21.0. The van der Waals surface area contributed by atoms with Crippen molar-refractivity contribution >= 4 is 11.8 Å². The lowest BCUT2D eigenvalue weighted by molar-refractivity contribution is 0.0202. The van der Waals surface area contributed by atoms with Gasteiger partial charge in [-0.25, -0.2) is 0 Å². The van der Waals surface area contributed by atoms with E-state index >= 15 is 0 Å². The summed E-state index contributed by atoms with van der Waals surface area (Å²) in [6.07, 6.45) is 1.11. The molecule has 1 aliphatic carbocycles. The normalized spacial score (nSPS) is 25.3. The number of rotatable bonds is 5. The second-order valence-electron chi connectivity index (χ2n) is 8.11. The number of benzene rings is 1. The summed E-state index contributed by atoms with van der Waals surface area (Å²) in [5, 5.41) is 20.2. The third kappa shape index (κ3) is 4.50. The summed E-state index contributed by atoms with van der Waals surface area (Å²) in [6, 6.07) is 11.1. The SMILES string of the molecule is CNC(=O)c1cc(C(=O)NC2C[C@@H](C)C(O)[C@@H](C)C2)n([C@@H](C)c2ccccc2)n1. The zero-order valence-corrected chi connectivity index (χ0v) is 17.4. The molecule has 1 fully saturated rings. The predicted octanol–water partition coefficient (Wildman–Crippen LogP) is 2.38. The maximum atomic E-state index is 13.1. The molecule has 7 nitrogen and oxygen atoms in total. The Labute approximate surface area is 171 Å². The summed E-state index contributed by atoms with van der Waals surface area (Å²) in [4.78, 5) is 25.2. The molecule has 2 unspecified atom stereocenters. The van der Waals surface area contributed by atoms with Gasteiger partial charge in [0.1, 0.15) is 5.69 Å². The third-order valence-electron chi connectivity index (χ3n) is 5.89. The Morgan fingerprint density at radius 2 is 1.76 bits per heavy atom. The van der Waals surface area contributed by atoms with Gasteiger partial charge in [-0.15, -0.1) is 0 Å². The molecule has 0 saturated heterocycles. The van der Waals surface area contributed by atoms with Gasteiger partial charge in [-0.1, -0.05) is 44.2 Å². The van der Waals surface area contributed by atoms with Crippen molar-refractivity contribution in [2.45, 2.75) is 51.8 Å². The van der Waals surface area contributed by atoms with E-state index in [0.717, 1.165) is 18.4 Å². The van der Waals surface area contributed by atoms with Gasteiger partial charge in [0.25, 0.3) is 11.8 Å². The highest BCUT2D eigenvalue weighted by Crippen LogP contribution is 2.29. The number of hydrogen-bond donors (Lipinski definition) is 3. The number of aliphatic hydroxyl groups excluding tert-OH is 1. The van der Waals surface area contributed by atoms with Crippen LogP contribution in [0.15, 0.2) is 36.4 Å². The van der Waals surface area contributed by atoms with Crippen molar-refractivity contribution in [3.05, 3.63) is 53.3 Å². The molecule has 3 rings (SSSR count). The third-order valence-corrected chi connectivity index (χ3v) is 5.89. The Balaban J connectivity index is 1.87. The topological polar surface area (TPSA) is 96.3 Å². The lowest BCUT2D eigenvalue weighted by Gasteiger charge is -2.36. The Morgan fingerprint density at radius 3 is 2.34 bits per heavy atom. The van der Waals surface area contributed by atoms with E-state index in [1.165, 1.54) is 13.1 Å². The Hall–Kier alpha value is -2.67. The van der Waals surface area contributed by atoms with Crippen molar-refractivity contribution in [2.75, 3.05) is 7.05 Å². The minimum absolute atomic E-state index is 0.0188. The van der Waals surface area contributed by atoms with Crippen LogP contribution in [0.4, 0.5) is 0 Å². The summed E-state index contributed by atoms with van der Waals surface area (Å²) >= 11 is 0. The average Bonchev–Trinajstić information content (AvgIpc) is 3.17. The van der Waals surface area contributed by atoms with Crippen LogP contribution in [-0.2, 0) is 0 Å². The maximum absolute atomic E-state index is 13.1. The van der Waals surface area contributed by atoms with Gasteiger partial charge in [-0.05, 0) is 37.2 Å². The molecule has 29 heavy (non-hydrogen) atoms. The van der Waals surface area contributed by atoms with Crippen molar-refractivity contribution in [1.29, 1.82) is 0 Å². The van der Waals surface area contributed by atoms with Crippen LogP contribution in [0.3, 0.4) is 0 Å². The van der Waals surface area contributed by atoms with Gasteiger partial charge in [-0.2, -0.15) is 5.10 Å². The van der Waals surface area contributed by atoms with Gasteiger partial charge in [0.2, 0.25) is 0 Å². The second-order valence-corrected chi connectivity index (χ2v) is 8.11. The number of nitrogens with zero attached hydrogens (tertiary/aromatic N) is 2. The number of aliphatic hydroxyl groups is 1. The van der Waals surface area contributed by atoms with Crippen LogP contribution in [0, 0.1) is 11.8 Å². The highest BCUT2D eigenvalue weighted by molar-refractivity contribution is 5.98. The number of aromatic nitrogens is 2. The molecule has 0 radical (unpaired) electrons. The molecule has 0 bridgehead atoms. The molecule has 2 aromatic rings. The molecule has 2 amide bonds. The van der Waals surface area contributed by atoms with Crippen molar-refractivity contribution in [1.82, 2.24) is 20.4 Å². The standard InChI is InChI=1S/C22H30N4O3/c1-13-10-17(11-14(2)20(13)27)24-22(29)19-12-18(21(28)23-4)25-26(19)15(3)16-8-6-5-7-9-16/h5-9,12-15,17,20,27H,10-11H2,1-4H3,(H,23,28)(H,24,29)/t13-,14+,15-,17?,20?/m0/s1. The molecule has 1 aromatic heterocycles. The monoisotopic (exact) mass is 398 g/mol. The molecule has 1 aromatic carbocycles. The fourth-order valence-electron chi connectivity index (χ4n) is 4.18. The average molecular weight is 399 g/mol. The highest BCUT2D eigenvalue weighted by atomic mass is 16.3. The van der Waals surface area contributed by atoms with Gasteiger partial charge in [0.05, 0.1) is 12.1 Å². The molecule has 0 spiro atoms. The van der Waals surface area contributed by atoms with Crippen molar-refractivity contribution < 1.29 is 14.7 Å². The van der Waals surface area contributed by atoms with Crippen LogP contribution in [-0.4, -0.2) is 45.9 Å². The maximum Gasteiger partial charge on any atom is 0.271 e. The summed E-state index contributed by atoms with van der Waals surface area (Å²) in [5.74, 6) is -0.338. The van der Waals surface area contributed by atoms with Gasteiger partial charge in [-0.3, -0.25) is 14.3 Å². The molecule has 0 aliphatic heterocycles. The van der Waals surface area contributed by atoms with Crippen LogP contribution in [0.1, 0.15) is 66.2 Å². The zero-order valence-electron chi connectivity index (χ0n) is 17.4. The first-order valence-electron chi connectivity index (χ1n) is 10.2. The minimum atomic E-state index is -0.341. The Morgan fingerprint density at radius 1 is 1.14 bits per heavy atom. The van der Waals surface area contributed by atoms with E-state index in [0.29, 0.717) is 5.69 Å². The lowest BCUT2D eigenvalue weighted by atomic mass is 9.78. The van der Waals surface area contributed by atoms with Gasteiger partial charge < -0.3 is 15.7 Å². The molecular formula is C22H30N4O3. The van der Waals surface area contributed by atoms with Crippen LogP contribution in [0.5, 0.6) is 0 Å². The second kappa shape index (κ2) is 8.78. The molecule has 7 heteroatoms. The summed E-state index contributed by atoms with van der Waals surface area (Å²) < 4.78 is 1.61. The van der Waals surface area contributed by atoms with E-state index in [-0.39, 0.29) is 47.5 Å². The fourth-order valence-corrected chi connectivity index (χ4v) is 4.18. The van der Waals surface area contributed by atoms with Crippen molar-refractivity contribution in [2.24, 2.45) is 11.8 Å². The van der Waals surface area contributed by atoms with Crippen LogP contribution < -0.4 is 10.6 Å². The lowest BCUT2D eigenvalue weighted by Crippen LogP contribution is -2.45. The minimum Gasteiger partial charge on any atom is -0.393 e. The summed E-state index contributed by atoms with van der Waals surface area (Å²) in [6.45, 7) is 5.96. The molecule has 3 N–H and O–H groups in total. The number of amides is 2. The first-order valence-corrected chi connectivity index (χ1v) is 10.2. The van der Waals surface area contributed by atoms with Crippen LogP contribution in [0.25, 0.3) is 0 Å². The van der Waals surface area contributed by atoms with E-state index in [4.69, 9.17) is 0 Å². The molecular weight excluding hydrogens is 368 g/mol. The van der Waals surface area contributed by atoms with Gasteiger partial charge in [0.15, 0.2) is 5.69 Å². The fraction of sp³-hybridized carbons (Fsp3) is 0.500. The van der Waals surface area contributed by atoms with Crippen LogP contribution in [0.2, 0.25) is 0 Å². The van der Waals surface area contributed by atoms with Crippen molar-refractivity contribution in [3.63, 3.8) is 0 Å². The first-order chi connectivity index (χ1) is 13.8. The zero-order chi connectivity index (χ0) is 21.1.